The van der Waals surface area contributed by atoms with Crippen molar-refractivity contribution >= 4 is 21.8 Å². The molecule has 0 saturated carbocycles. The molecule has 0 aliphatic rings. The third-order valence-corrected chi connectivity index (χ3v) is 3.74. The van der Waals surface area contributed by atoms with Gasteiger partial charge in [-0.3, -0.25) is 9.48 Å². The molecule has 0 radical (unpaired) electrons. The van der Waals surface area contributed by atoms with Crippen LogP contribution in [0.5, 0.6) is 5.75 Å². The van der Waals surface area contributed by atoms with Crippen LogP contribution in [0.15, 0.2) is 28.9 Å². The van der Waals surface area contributed by atoms with Crippen molar-refractivity contribution in [2.45, 2.75) is 19.9 Å². The molecule has 1 atom stereocenters. The van der Waals surface area contributed by atoms with Crippen LogP contribution in [0.3, 0.4) is 0 Å². The first kappa shape index (κ1) is 14.6. The second kappa shape index (κ2) is 5.66. The molecule has 2 N–H and O–H groups in total. The molecule has 1 aromatic carbocycles. The minimum Gasteiger partial charge on any atom is -0.507 e. The number of halogens is 1. The smallest absolute Gasteiger partial charge is 0.251 e. The van der Waals surface area contributed by atoms with Crippen LogP contribution in [0, 0.1) is 6.92 Å². The number of rotatable bonds is 3. The van der Waals surface area contributed by atoms with Gasteiger partial charge >= 0.3 is 0 Å². The van der Waals surface area contributed by atoms with Crippen LogP contribution < -0.4 is 5.32 Å². The van der Waals surface area contributed by atoms with E-state index >= 15 is 0 Å². The summed E-state index contributed by atoms with van der Waals surface area (Å²) in [5.74, 6) is -0.189. The van der Waals surface area contributed by atoms with Crippen LogP contribution >= 0.6 is 15.9 Å². The van der Waals surface area contributed by atoms with Gasteiger partial charge in [0.1, 0.15) is 5.75 Å². The zero-order chi connectivity index (χ0) is 14.9. The maximum atomic E-state index is 12.1. The van der Waals surface area contributed by atoms with Crippen molar-refractivity contribution in [3.8, 4) is 5.75 Å². The van der Waals surface area contributed by atoms with Gasteiger partial charge in [-0.2, -0.15) is 5.10 Å². The summed E-state index contributed by atoms with van der Waals surface area (Å²) in [6, 6.07) is 4.58. The highest BCUT2D eigenvalue weighted by molar-refractivity contribution is 9.10. The molecule has 1 unspecified atom stereocenters. The molecule has 0 aliphatic carbocycles. The molecule has 2 aromatic rings. The Morgan fingerprint density at radius 1 is 1.50 bits per heavy atom. The molecule has 106 valence electrons. The van der Waals surface area contributed by atoms with E-state index in [9.17, 15) is 9.90 Å². The Labute approximate surface area is 125 Å². The number of benzene rings is 1. The van der Waals surface area contributed by atoms with Gasteiger partial charge in [0.05, 0.1) is 16.2 Å². The van der Waals surface area contributed by atoms with Gasteiger partial charge < -0.3 is 10.4 Å². The number of nitrogens with zero attached hydrogens (tertiary/aromatic N) is 2. The number of aromatic hydroxyl groups is 1. The molecule has 6 heteroatoms. The SMILES string of the molecule is Cc1nn(C)cc1C(C)NC(=O)c1ccc(Br)c(O)c1. The number of phenols is 1. The Morgan fingerprint density at radius 3 is 2.75 bits per heavy atom. The molecule has 0 bridgehead atoms. The van der Waals surface area contributed by atoms with Gasteiger partial charge in [0.15, 0.2) is 0 Å². The van der Waals surface area contributed by atoms with E-state index in [1.165, 1.54) is 6.07 Å². The van der Waals surface area contributed by atoms with Gasteiger partial charge in [0.25, 0.3) is 5.91 Å². The predicted molar refractivity (Wildman–Crippen MR) is 79.6 cm³/mol. The molecule has 5 nitrogen and oxygen atoms in total. The average molecular weight is 338 g/mol. The van der Waals surface area contributed by atoms with Crippen molar-refractivity contribution in [2.75, 3.05) is 0 Å². The van der Waals surface area contributed by atoms with Crippen molar-refractivity contribution in [3.63, 3.8) is 0 Å². The lowest BCUT2D eigenvalue weighted by molar-refractivity contribution is 0.0939. The van der Waals surface area contributed by atoms with Crippen LogP contribution in [-0.4, -0.2) is 20.8 Å². The summed E-state index contributed by atoms with van der Waals surface area (Å²) in [5, 5.41) is 16.8. The normalized spacial score (nSPS) is 12.2. The highest BCUT2D eigenvalue weighted by Crippen LogP contribution is 2.24. The second-order valence-corrected chi connectivity index (χ2v) is 5.56. The fourth-order valence-electron chi connectivity index (χ4n) is 2.05. The molecular formula is C14H16BrN3O2. The van der Waals surface area contributed by atoms with Crippen molar-refractivity contribution in [3.05, 3.63) is 45.7 Å². The third-order valence-electron chi connectivity index (χ3n) is 3.07. The average Bonchev–Trinajstić information content (AvgIpc) is 2.71. The van der Waals surface area contributed by atoms with Crippen LogP contribution in [0.25, 0.3) is 0 Å². The first-order valence-electron chi connectivity index (χ1n) is 6.18. The number of carbonyl (C=O) groups excluding carboxylic acids is 1. The highest BCUT2D eigenvalue weighted by atomic mass is 79.9. The van der Waals surface area contributed by atoms with Gasteiger partial charge in [-0.15, -0.1) is 0 Å². The number of hydrogen-bond acceptors (Lipinski definition) is 3. The topological polar surface area (TPSA) is 67.2 Å². The summed E-state index contributed by atoms with van der Waals surface area (Å²) in [4.78, 5) is 12.1. The number of carbonyl (C=O) groups is 1. The predicted octanol–water partition coefficient (Wildman–Crippen LogP) is 2.69. The monoisotopic (exact) mass is 337 g/mol. The van der Waals surface area contributed by atoms with Crippen molar-refractivity contribution in [2.24, 2.45) is 7.05 Å². The van der Waals surface area contributed by atoms with Gasteiger partial charge in [0, 0.05) is 24.4 Å². The largest absolute Gasteiger partial charge is 0.507 e. The quantitative estimate of drug-likeness (QED) is 0.904. The molecule has 2 rings (SSSR count). The zero-order valence-electron chi connectivity index (χ0n) is 11.5. The summed E-state index contributed by atoms with van der Waals surface area (Å²) in [7, 11) is 1.85. The Balaban J connectivity index is 2.15. The molecule has 1 heterocycles. The number of phenolic OH excluding ortho intramolecular Hbond substituents is 1. The van der Waals surface area contributed by atoms with E-state index in [1.807, 2.05) is 27.1 Å². The summed E-state index contributed by atoms with van der Waals surface area (Å²) in [6.45, 7) is 3.81. The molecule has 0 spiro atoms. The summed E-state index contributed by atoms with van der Waals surface area (Å²) in [6.07, 6.45) is 1.89. The van der Waals surface area contributed by atoms with Crippen molar-refractivity contribution < 1.29 is 9.90 Å². The molecule has 1 amide bonds. The fraction of sp³-hybridized carbons (Fsp3) is 0.286. The standard InChI is InChI=1S/C14H16BrN3O2/c1-8(11-7-18(3)17-9(11)2)16-14(20)10-4-5-12(15)13(19)6-10/h4-8,19H,1-3H3,(H,16,20). The van der Waals surface area contributed by atoms with Crippen molar-refractivity contribution in [1.82, 2.24) is 15.1 Å². The van der Waals surface area contributed by atoms with E-state index in [4.69, 9.17) is 0 Å². The fourth-order valence-corrected chi connectivity index (χ4v) is 2.30. The van der Waals surface area contributed by atoms with E-state index in [2.05, 4.69) is 26.3 Å². The van der Waals surface area contributed by atoms with Crippen LogP contribution in [0.4, 0.5) is 0 Å². The number of aromatic nitrogens is 2. The van der Waals surface area contributed by atoms with Crippen LogP contribution in [-0.2, 0) is 7.05 Å². The number of aryl methyl sites for hydroxylation is 2. The highest BCUT2D eigenvalue weighted by Gasteiger charge is 2.16. The maximum absolute atomic E-state index is 12.1. The summed E-state index contributed by atoms with van der Waals surface area (Å²) >= 11 is 3.19. The van der Waals surface area contributed by atoms with Gasteiger partial charge in [-0.25, -0.2) is 0 Å². The van der Waals surface area contributed by atoms with Gasteiger partial charge in [-0.1, -0.05) is 0 Å². The molecule has 1 aromatic heterocycles. The van der Waals surface area contributed by atoms with Crippen LogP contribution in [0.1, 0.15) is 34.6 Å². The van der Waals surface area contributed by atoms with E-state index in [0.717, 1.165) is 11.3 Å². The second-order valence-electron chi connectivity index (χ2n) is 4.70. The Hall–Kier alpha value is -1.82. The Bertz CT molecular complexity index is 652. The van der Waals surface area contributed by atoms with E-state index in [-0.39, 0.29) is 17.7 Å². The molecule has 0 aliphatic heterocycles. The lowest BCUT2D eigenvalue weighted by Crippen LogP contribution is -2.26. The van der Waals surface area contributed by atoms with Gasteiger partial charge in [-0.05, 0) is 48.0 Å². The number of amides is 1. The number of nitrogens with one attached hydrogen (secondary N) is 1. The first-order valence-corrected chi connectivity index (χ1v) is 6.97. The molecule has 20 heavy (non-hydrogen) atoms. The summed E-state index contributed by atoms with van der Waals surface area (Å²) in [5.41, 5.74) is 2.28. The van der Waals surface area contributed by atoms with E-state index < -0.39 is 0 Å². The van der Waals surface area contributed by atoms with Crippen molar-refractivity contribution in [1.29, 1.82) is 0 Å². The summed E-state index contributed by atoms with van der Waals surface area (Å²) < 4.78 is 2.28. The number of hydrogen-bond donors (Lipinski definition) is 2. The molecular weight excluding hydrogens is 322 g/mol. The lowest BCUT2D eigenvalue weighted by Gasteiger charge is -2.13. The zero-order valence-corrected chi connectivity index (χ0v) is 13.1. The Morgan fingerprint density at radius 2 is 2.20 bits per heavy atom. The minimum absolute atomic E-state index is 0.0443. The minimum atomic E-state index is -0.233. The van der Waals surface area contributed by atoms with E-state index in [0.29, 0.717) is 10.0 Å². The van der Waals surface area contributed by atoms with Gasteiger partial charge in [0.2, 0.25) is 0 Å². The lowest BCUT2D eigenvalue weighted by atomic mass is 10.1. The van der Waals surface area contributed by atoms with Crippen LogP contribution in [0.2, 0.25) is 0 Å². The third kappa shape index (κ3) is 3.01. The molecule has 0 saturated heterocycles. The molecule has 0 fully saturated rings. The maximum Gasteiger partial charge on any atom is 0.251 e. The first-order chi connectivity index (χ1) is 9.38. The van der Waals surface area contributed by atoms with E-state index in [1.54, 1.807) is 16.8 Å². The Kier molecular flexibility index (Phi) is 4.13.